The Hall–Kier alpha value is -0.420. The third kappa shape index (κ3) is 5.02. The summed E-state index contributed by atoms with van der Waals surface area (Å²) in [5, 5.41) is 0. The fraction of sp³-hybridized carbons (Fsp3) is 0.789. The van der Waals surface area contributed by atoms with Crippen LogP contribution in [0.1, 0.15) is 54.7 Å². The van der Waals surface area contributed by atoms with Gasteiger partial charge in [0.25, 0.3) is 0 Å². The molecule has 1 atom stereocenters. The van der Waals surface area contributed by atoms with E-state index in [1.807, 2.05) is 0 Å². The standard InChI is InChI=1S/C19H32N2OS/c1-16(21-10-12-22-13-11-21)14-20(2)15-18-8-9-19(23-18)17-6-4-3-5-7-17/h8-9,16-17H,3-7,10-15H2,1-2H3. The average Bonchev–Trinajstić information content (AvgIpc) is 3.04. The normalized spacial score (nSPS) is 22.6. The molecule has 0 N–H and O–H groups in total. The van der Waals surface area contributed by atoms with Gasteiger partial charge in [-0.15, -0.1) is 11.3 Å². The number of hydrogen-bond donors (Lipinski definition) is 0. The van der Waals surface area contributed by atoms with Gasteiger partial charge in [-0.25, -0.2) is 0 Å². The summed E-state index contributed by atoms with van der Waals surface area (Å²) in [6.45, 7) is 8.53. The minimum Gasteiger partial charge on any atom is -0.379 e. The van der Waals surface area contributed by atoms with Gasteiger partial charge in [-0.2, -0.15) is 0 Å². The quantitative estimate of drug-likeness (QED) is 0.782. The third-order valence-electron chi connectivity index (χ3n) is 5.36. The van der Waals surface area contributed by atoms with E-state index in [2.05, 4.69) is 47.2 Å². The van der Waals surface area contributed by atoms with E-state index < -0.39 is 0 Å². The van der Waals surface area contributed by atoms with Gasteiger partial charge >= 0.3 is 0 Å². The molecule has 1 aliphatic carbocycles. The van der Waals surface area contributed by atoms with E-state index >= 15 is 0 Å². The molecule has 2 heterocycles. The van der Waals surface area contributed by atoms with Gasteiger partial charge in [0.05, 0.1) is 13.2 Å². The fourth-order valence-electron chi connectivity index (χ4n) is 4.00. The fourth-order valence-corrected chi connectivity index (χ4v) is 5.26. The van der Waals surface area contributed by atoms with E-state index in [-0.39, 0.29) is 0 Å². The summed E-state index contributed by atoms with van der Waals surface area (Å²) in [6, 6.07) is 5.38. The highest BCUT2D eigenvalue weighted by atomic mass is 32.1. The van der Waals surface area contributed by atoms with E-state index in [1.165, 1.54) is 37.0 Å². The van der Waals surface area contributed by atoms with Crippen LogP contribution in [0.25, 0.3) is 0 Å². The van der Waals surface area contributed by atoms with Crippen molar-refractivity contribution in [2.45, 2.75) is 57.5 Å². The predicted octanol–water partition coefficient (Wildman–Crippen LogP) is 3.95. The molecule has 0 aromatic carbocycles. The zero-order chi connectivity index (χ0) is 16.1. The van der Waals surface area contributed by atoms with Crippen molar-refractivity contribution in [2.24, 2.45) is 0 Å². The Bertz CT molecular complexity index is 464. The van der Waals surface area contributed by atoms with Crippen LogP contribution in [-0.2, 0) is 11.3 Å². The molecule has 0 bridgehead atoms. The van der Waals surface area contributed by atoms with Gasteiger partial charge in [0.1, 0.15) is 0 Å². The van der Waals surface area contributed by atoms with Crippen LogP contribution in [-0.4, -0.2) is 55.7 Å². The van der Waals surface area contributed by atoms with Gasteiger partial charge in [-0.3, -0.25) is 9.80 Å². The first-order valence-electron chi connectivity index (χ1n) is 9.31. The van der Waals surface area contributed by atoms with Crippen LogP contribution in [0.4, 0.5) is 0 Å². The number of morpholine rings is 1. The lowest BCUT2D eigenvalue weighted by atomic mass is 9.88. The molecule has 3 nitrogen and oxygen atoms in total. The first-order chi connectivity index (χ1) is 11.2. The summed E-state index contributed by atoms with van der Waals surface area (Å²) in [5.41, 5.74) is 0. The number of nitrogens with zero attached hydrogens (tertiary/aromatic N) is 2. The topological polar surface area (TPSA) is 15.7 Å². The van der Waals surface area contributed by atoms with Gasteiger partial charge in [0, 0.05) is 42.0 Å². The highest BCUT2D eigenvalue weighted by molar-refractivity contribution is 7.12. The highest BCUT2D eigenvalue weighted by Gasteiger charge is 2.20. The van der Waals surface area contributed by atoms with Crippen molar-refractivity contribution in [1.82, 2.24) is 9.80 Å². The summed E-state index contributed by atoms with van der Waals surface area (Å²) in [5.74, 6) is 0.847. The molecule has 1 saturated carbocycles. The molecule has 3 rings (SSSR count). The summed E-state index contributed by atoms with van der Waals surface area (Å²) < 4.78 is 5.46. The molecule has 2 fully saturated rings. The SMILES string of the molecule is CC(CN(C)Cc1ccc(C2CCCCC2)s1)N1CCOCC1. The summed E-state index contributed by atoms with van der Waals surface area (Å²) in [6.07, 6.45) is 7.11. The lowest BCUT2D eigenvalue weighted by molar-refractivity contribution is 0.0137. The summed E-state index contributed by atoms with van der Waals surface area (Å²) in [7, 11) is 2.26. The summed E-state index contributed by atoms with van der Waals surface area (Å²) >= 11 is 2.06. The molecular formula is C19H32N2OS. The first kappa shape index (κ1) is 17.4. The largest absolute Gasteiger partial charge is 0.379 e. The summed E-state index contributed by atoms with van der Waals surface area (Å²) in [4.78, 5) is 8.20. The van der Waals surface area contributed by atoms with Crippen molar-refractivity contribution in [3.05, 3.63) is 21.9 Å². The van der Waals surface area contributed by atoms with Crippen LogP contribution in [0.3, 0.4) is 0 Å². The van der Waals surface area contributed by atoms with Gasteiger partial charge in [0.2, 0.25) is 0 Å². The zero-order valence-electron chi connectivity index (χ0n) is 14.8. The molecule has 1 aromatic heterocycles. The maximum absolute atomic E-state index is 5.46. The molecule has 0 radical (unpaired) electrons. The minimum atomic E-state index is 0.613. The van der Waals surface area contributed by atoms with Crippen molar-refractivity contribution in [2.75, 3.05) is 39.9 Å². The second-order valence-corrected chi connectivity index (χ2v) is 8.53. The predicted molar refractivity (Wildman–Crippen MR) is 98.3 cm³/mol. The molecule has 1 saturated heterocycles. The second-order valence-electron chi connectivity index (χ2n) is 7.33. The first-order valence-corrected chi connectivity index (χ1v) is 10.1. The highest BCUT2D eigenvalue weighted by Crippen LogP contribution is 2.36. The molecule has 23 heavy (non-hydrogen) atoms. The molecule has 1 unspecified atom stereocenters. The van der Waals surface area contributed by atoms with Crippen LogP contribution in [0.15, 0.2) is 12.1 Å². The van der Waals surface area contributed by atoms with Crippen molar-refractivity contribution in [1.29, 1.82) is 0 Å². The maximum Gasteiger partial charge on any atom is 0.0594 e. The Morgan fingerprint density at radius 2 is 1.96 bits per heavy atom. The maximum atomic E-state index is 5.46. The molecule has 1 aliphatic heterocycles. The van der Waals surface area contributed by atoms with E-state index in [0.717, 1.165) is 45.3 Å². The van der Waals surface area contributed by atoms with Crippen LogP contribution in [0.2, 0.25) is 0 Å². The van der Waals surface area contributed by atoms with Gasteiger partial charge in [0.15, 0.2) is 0 Å². The molecule has 130 valence electrons. The number of hydrogen-bond acceptors (Lipinski definition) is 4. The molecule has 0 amide bonds. The molecular weight excluding hydrogens is 304 g/mol. The lowest BCUT2D eigenvalue weighted by Gasteiger charge is -2.34. The zero-order valence-corrected chi connectivity index (χ0v) is 15.6. The third-order valence-corrected chi connectivity index (χ3v) is 6.59. The van der Waals surface area contributed by atoms with Crippen molar-refractivity contribution in [3.63, 3.8) is 0 Å². The Morgan fingerprint density at radius 1 is 1.22 bits per heavy atom. The monoisotopic (exact) mass is 336 g/mol. The van der Waals surface area contributed by atoms with Crippen molar-refractivity contribution >= 4 is 11.3 Å². The minimum absolute atomic E-state index is 0.613. The van der Waals surface area contributed by atoms with Crippen LogP contribution in [0.5, 0.6) is 0 Å². The second kappa shape index (κ2) is 8.61. The molecule has 1 aromatic rings. The molecule has 2 aliphatic rings. The molecule has 0 spiro atoms. The van der Waals surface area contributed by atoms with E-state index in [4.69, 9.17) is 4.74 Å². The van der Waals surface area contributed by atoms with E-state index in [1.54, 1.807) is 4.88 Å². The lowest BCUT2D eigenvalue weighted by Crippen LogP contribution is -2.46. The number of likely N-dealkylation sites (N-methyl/N-ethyl adjacent to an activating group) is 1. The smallest absolute Gasteiger partial charge is 0.0594 e. The number of rotatable bonds is 6. The number of ether oxygens (including phenoxy) is 1. The van der Waals surface area contributed by atoms with Crippen molar-refractivity contribution < 1.29 is 4.74 Å². The van der Waals surface area contributed by atoms with Gasteiger partial charge < -0.3 is 4.74 Å². The number of thiophene rings is 1. The van der Waals surface area contributed by atoms with Gasteiger partial charge in [-0.05, 0) is 44.9 Å². The molecule has 4 heteroatoms. The van der Waals surface area contributed by atoms with E-state index in [9.17, 15) is 0 Å². The van der Waals surface area contributed by atoms with Crippen molar-refractivity contribution in [3.8, 4) is 0 Å². The Morgan fingerprint density at radius 3 is 2.70 bits per heavy atom. The Balaban J connectivity index is 1.47. The van der Waals surface area contributed by atoms with Crippen LogP contribution in [0, 0.1) is 0 Å². The average molecular weight is 337 g/mol. The Kier molecular flexibility index (Phi) is 6.52. The van der Waals surface area contributed by atoms with E-state index in [0.29, 0.717) is 6.04 Å². The van der Waals surface area contributed by atoms with Gasteiger partial charge in [-0.1, -0.05) is 19.3 Å². The van der Waals surface area contributed by atoms with Crippen LogP contribution >= 0.6 is 11.3 Å². The Labute approximate surface area is 145 Å². The van der Waals surface area contributed by atoms with Crippen LogP contribution < -0.4 is 0 Å².